The highest BCUT2D eigenvalue weighted by Crippen LogP contribution is 2.64. The number of allylic oxidation sites excluding steroid dienone is 2. The van der Waals surface area contributed by atoms with Gasteiger partial charge >= 0.3 is 0 Å². The van der Waals surface area contributed by atoms with Gasteiger partial charge in [-0.3, -0.25) is 0 Å². The lowest BCUT2D eigenvalue weighted by Gasteiger charge is -2.56. The zero-order chi connectivity index (χ0) is 19.2. The second kappa shape index (κ2) is 7.31. The third-order valence-corrected chi connectivity index (χ3v) is 8.93. The minimum atomic E-state index is -0.408. The van der Waals surface area contributed by atoms with Crippen molar-refractivity contribution in [1.29, 1.82) is 0 Å². The van der Waals surface area contributed by atoms with E-state index in [9.17, 15) is 5.11 Å². The normalized spacial score (nSPS) is 43.0. The predicted octanol–water partition coefficient (Wildman–Crippen LogP) is 5.25. The molecule has 0 aliphatic heterocycles. The van der Waals surface area contributed by atoms with Crippen LogP contribution in [0, 0.1) is 29.1 Å². The average molecular weight is 375 g/mol. The van der Waals surface area contributed by atoms with Crippen molar-refractivity contribution in [1.82, 2.24) is 0 Å². The first-order chi connectivity index (χ1) is 13.0. The van der Waals surface area contributed by atoms with Crippen molar-refractivity contribution in [2.75, 3.05) is 14.2 Å². The van der Waals surface area contributed by atoms with Gasteiger partial charge in [-0.05, 0) is 80.5 Å². The molecule has 3 heteroatoms. The van der Waals surface area contributed by atoms with E-state index in [2.05, 4.69) is 19.6 Å². The summed E-state index contributed by atoms with van der Waals surface area (Å²) in [4.78, 5) is 0. The smallest absolute Gasteiger partial charge is 0.171 e. The zero-order valence-corrected chi connectivity index (χ0v) is 17.5. The number of aliphatic hydroxyl groups excluding tert-OH is 1. The van der Waals surface area contributed by atoms with Crippen LogP contribution in [-0.2, 0) is 9.47 Å². The maximum atomic E-state index is 10.8. The molecule has 6 atom stereocenters. The van der Waals surface area contributed by atoms with Crippen LogP contribution in [0.2, 0.25) is 0 Å². The van der Waals surface area contributed by atoms with Gasteiger partial charge in [0.25, 0.3) is 0 Å². The monoisotopic (exact) mass is 374 g/mol. The molecule has 0 aromatic carbocycles. The first-order valence-corrected chi connectivity index (χ1v) is 11.1. The van der Waals surface area contributed by atoms with Crippen molar-refractivity contribution < 1.29 is 14.6 Å². The molecular weight excluding hydrogens is 336 g/mol. The highest BCUT2D eigenvalue weighted by molar-refractivity contribution is 5.29. The second-order valence-corrected chi connectivity index (χ2v) is 9.89. The molecule has 0 heterocycles. The molecule has 152 valence electrons. The van der Waals surface area contributed by atoms with Gasteiger partial charge in [0.15, 0.2) is 5.79 Å². The topological polar surface area (TPSA) is 38.7 Å². The van der Waals surface area contributed by atoms with E-state index in [0.29, 0.717) is 17.8 Å². The van der Waals surface area contributed by atoms with Gasteiger partial charge in [0.05, 0.1) is 6.10 Å². The fourth-order valence-corrected chi connectivity index (χ4v) is 7.52. The van der Waals surface area contributed by atoms with Crippen LogP contribution in [0.15, 0.2) is 23.8 Å². The molecule has 0 spiro atoms. The lowest BCUT2D eigenvalue weighted by atomic mass is 9.50. The van der Waals surface area contributed by atoms with E-state index in [0.717, 1.165) is 38.0 Å². The van der Waals surface area contributed by atoms with E-state index < -0.39 is 5.79 Å². The van der Waals surface area contributed by atoms with E-state index in [4.69, 9.17) is 9.47 Å². The molecule has 27 heavy (non-hydrogen) atoms. The Balaban J connectivity index is 1.68. The summed E-state index contributed by atoms with van der Waals surface area (Å²) < 4.78 is 11.6. The maximum absolute atomic E-state index is 10.8. The molecule has 0 saturated heterocycles. The van der Waals surface area contributed by atoms with Crippen LogP contribution in [0.3, 0.4) is 0 Å². The summed E-state index contributed by atoms with van der Waals surface area (Å²) >= 11 is 0. The number of rotatable bonds is 5. The van der Waals surface area contributed by atoms with Crippen LogP contribution < -0.4 is 0 Å². The van der Waals surface area contributed by atoms with Crippen LogP contribution in [0.25, 0.3) is 0 Å². The van der Waals surface area contributed by atoms with Gasteiger partial charge in [-0.2, -0.15) is 0 Å². The fourth-order valence-electron chi connectivity index (χ4n) is 7.52. The Kier molecular flexibility index (Phi) is 5.33. The lowest BCUT2D eigenvalue weighted by molar-refractivity contribution is -0.214. The van der Waals surface area contributed by atoms with Crippen molar-refractivity contribution in [3.05, 3.63) is 23.8 Å². The molecule has 0 amide bonds. The molecule has 3 nitrogen and oxygen atoms in total. The summed E-state index contributed by atoms with van der Waals surface area (Å²) in [7, 11) is 3.58. The minimum Gasteiger partial charge on any atom is -0.393 e. The molecule has 4 aliphatic carbocycles. The van der Waals surface area contributed by atoms with Crippen LogP contribution >= 0.6 is 0 Å². The van der Waals surface area contributed by atoms with E-state index in [1.54, 1.807) is 25.4 Å². The molecule has 0 radical (unpaired) electrons. The molecule has 0 aromatic heterocycles. The number of hydrogen-bond donors (Lipinski definition) is 1. The van der Waals surface area contributed by atoms with Gasteiger partial charge < -0.3 is 14.6 Å². The third kappa shape index (κ3) is 3.05. The van der Waals surface area contributed by atoms with Crippen molar-refractivity contribution in [3.63, 3.8) is 0 Å². The Morgan fingerprint density at radius 3 is 2.67 bits per heavy atom. The zero-order valence-electron chi connectivity index (χ0n) is 17.5. The number of aliphatic hydroxyl groups is 1. The van der Waals surface area contributed by atoms with Crippen LogP contribution in [0.5, 0.6) is 0 Å². The number of hydrogen-bond acceptors (Lipinski definition) is 3. The molecular formula is C24H38O3. The van der Waals surface area contributed by atoms with Crippen molar-refractivity contribution in [2.45, 2.75) is 83.0 Å². The number of fused-ring (bicyclic) bond motifs is 4. The SMILES string of the molecule is C=CCC[C@H]1C[C@@]2(C)C(CC[C@@H]2O)C2CCC3=C(CCC(OC)(OC)C3)C21. The summed E-state index contributed by atoms with van der Waals surface area (Å²) in [6, 6.07) is 0. The van der Waals surface area contributed by atoms with Crippen LogP contribution in [0.4, 0.5) is 0 Å². The van der Waals surface area contributed by atoms with E-state index >= 15 is 0 Å². The molecule has 2 saturated carbocycles. The largest absolute Gasteiger partial charge is 0.393 e. The summed E-state index contributed by atoms with van der Waals surface area (Å²) in [5.41, 5.74) is 3.49. The van der Waals surface area contributed by atoms with Crippen LogP contribution in [0.1, 0.15) is 71.1 Å². The predicted molar refractivity (Wildman–Crippen MR) is 108 cm³/mol. The molecule has 0 bridgehead atoms. The van der Waals surface area contributed by atoms with E-state index in [-0.39, 0.29) is 11.5 Å². The average Bonchev–Trinajstić information content (AvgIpc) is 2.99. The minimum absolute atomic E-state index is 0.106. The molecule has 4 rings (SSSR count). The summed E-state index contributed by atoms with van der Waals surface area (Å²) in [5.74, 6) is 2.44. The molecule has 1 N–H and O–H groups in total. The van der Waals surface area contributed by atoms with Gasteiger partial charge in [-0.15, -0.1) is 6.58 Å². The van der Waals surface area contributed by atoms with Crippen molar-refractivity contribution in [2.24, 2.45) is 29.1 Å². The first kappa shape index (κ1) is 19.7. The first-order valence-electron chi connectivity index (χ1n) is 11.1. The Labute approximate surface area is 165 Å². The Morgan fingerprint density at radius 1 is 1.19 bits per heavy atom. The van der Waals surface area contributed by atoms with Gasteiger partial charge in [-0.25, -0.2) is 0 Å². The van der Waals surface area contributed by atoms with E-state index in [1.165, 1.54) is 32.1 Å². The number of ether oxygens (including phenoxy) is 2. The molecule has 0 aromatic rings. The third-order valence-electron chi connectivity index (χ3n) is 8.93. The Bertz CT molecular complexity index is 605. The number of methoxy groups -OCH3 is 2. The quantitative estimate of drug-likeness (QED) is 0.528. The summed E-state index contributed by atoms with van der Waals surface area (Å²) in [6.45, 7) is 6.36. The highest BCUT2D eigenvalue weighted by atomic mass is 16.7. The summed E-state index contributed by atoms with van der Waals surface area (Å²) in [5, 5.41) is 10.8. The Hall–Kier alpha value is -0.640. The van der Waals surface area contributed by atoms with Gasteiger partial charge in [-0.1, -0.05) is 24.1 Å². The maximum Gasteiger partial charge on any atom is 0.171 e. The van der Waals surface area contributed by atoms with Gasteiger partial charge in [0, 0.05) is 27.1 Å². The molecule has 2 fully saturated rings. The van der Waals surface area contributed by atoms with Gasteiger partial charge in [0.2, 0.25) is 0 Å². The summed E-state index contributed by atoms with van der Waals surface area (Å²) in [6.07, 6.45) is 13.2. The fraction of sp³-hybridized carbons (Fsp3) is 0.833. The molecule has 4 aliphatic rings. The van der Waals surface area contributed by atoms with Crippen molar-refractivity contribution in [3.8, 4) is 0 Å². The Morgan fingerprint density at radius 2 is 1.96 bits per heavy atom. The van der Waals surface area contributed by atoms with Crippen molar-refractivity contribution >= 4 is 0 Å². The standard InChI is InChI=1S/C24H38O3/c1-5-6-7-17-14-23(2)20(10-11-21(23)25)19-9-8-16-15-24(26-3,27-4)13-12-18(16)22(17)19/h5,17,19-22,25H,1,6-15H2,2-4H3/t17-,19?,20?,21-,22?,23-/m0/s1. The lowest BCUT2D eigenvalue weighted by Crippen LogP contribution is -2.50. The van der Waals surface area contributed by atoms with E-state index in [1.807, 2.05) is 0 Å². The van der Waals surface area contributed by atoms with Gasteiger partial charge in [0.1, 0.15) is 0 Å². The van der Waals surface area contributed by atoms with Crippen LogP contribution in [-0.4, -0.2) is 31.2 Å². The molecule has 3 unspecified atom stereocenters. The highest BCUT2D eigenvalue weighted by Gasteiger charge is 2.58. The second-order valence-electron chi connectivity index (χ2n) is 9.89.